The van der Waals surface area contributed by atoms with Crippen LogP contribution in [0.1, 0.15) is 5.56 Å². The molecule has 0 bridgehead atoms. The average Bonchev–Trinajstić information content (AvgIpc) is 2.85. The summed E-state index contributed by atoms with van der Waals surface area (Å²) in [5, 5.41) is 11.2. The third-order valence-electron chi connectivity index (χ3n) is 2.54. The van der Waals surface area contributed by atoms with Crippen LogP contribution in [0.25, 0.3) is 0 Å². The summed E-state index contributed by atoms with van der Waals surface area (Å²) in [5.74, 6) is -0.0914. The van der Waals surface area contributed by atoms with E-state index in [4.69, 9.17) is 11.6 Å². The molecular weight excluding hydrogens is 334 g/mol. The quantitative estimate of drug-likeness (QED) is 0.847. The van der Waals surface area contributed by atoms with Crippen LogP contribution in [0.15, 0.2) is 29.0 Å². The molecule has 1 aromatic carbocycles. The SMILES string of the molecule is CN(Cc1ccc(Br)cc1Cl)C(=O)Cn1cnnn1. The van der Waals surface area contributed by atoms with Gasteiger partial charge in [-0.2, -0.15) is 0 Å². The van der Waals surface area contributed by atoms with E-state index in [1.165, 1.54) is 11.0 Å². The molecule has 100 valence electrons. The van der Waals surface area contributed by atoms with Crippen LogP contribution in [0.4, 0.5) is 0 Å². The van der Waals surface area contributed by atoms with Gasteiger partial charge < -0.3 is 4.90 Å². The van der Waals surface area contributed by atoms with E-state index in [2.05, 4.69) is 31.5 Å². The molecule has 0 spiro atoms. The number of hydrogen-bond acceptors (Lipinski definition) is 4. The van der Waals surface area contributed by atoms with Crippen LogP contribution in [0.3, 0.4) is 0 Å². The third-order valence-corrected chi connectivity index (χ3v) is 3.38. The Balaban J connectivity index is 2.00. The van der Waals surface area contributed by atoms with Crippen molar-refractivity contribution in [3.8, 4) is 0 Å². The lowest BCUT2D eigenvalue weighted by Crippen LogP contribution is -2.30. The molecule has 0 aliphatic rings. The average molecular weight is 345 g/mol. The summed E-state index contributed by atoms with van der Waals surface area (Å²) in [4.78, 5) is 13.5. The van der Waals surface area contributed by atoms with Crippen LogP contribution in [-0.2, 0) is 17.9 Å². The number of carbonyl (C=O) groups is 1. The first kappa shape index (κ1) is 14.0. The minimum absolute atomic E-state index is 0.0914. The largest absolute Gasteiger partial charge is 0.340 e. The van der Waals surface area contributed by atoms with Gasteiger partial charge in [-0.25, -0.2) is 4.68 Å². The summed E-state index contributed by atoms with van der Waals surface area (Å²) in [5.41, 5.74) is 0.887. The number of benzene rings is 1. The molecular formula is C11H11BrClN5O. The summed E-state index contributed by atoms with van der Waals surface area (Å²) in [6.45, 7) is 0.546. The summed E-state index contributed by atoms with van der Waals surface area (Å²) in [6, 6.07) is 5.57. The minimum Gasteiger partial charge on any atom is -0.340 e. The Morgan fingerprint density at radius 2 is 2.32 bits per heavy atom. The topological polar surface area (TPSA) is 63.9 Å². The van der Waals surface area contributed by atoms with Crippen LogP contribution < -0.4 is 0 Å². The predicted octanol–water partition coefficient (Wildman–Crippen LogP) is 1.75. The molecule has 0 saturated carbocycles. The fourth-order valence-corrected chi connectivity index (χ4v) is 2.24. The monoisotopic (exact) mass is 343 g/mol. The first-order chi connectivity index (χ1) is 9.06. The van der Waals surface area contributed by atoms with Gasteiger partial charge in [0.2, 0.25) is 5.91 Å². The van der Waals surface area contributed by atoms with Gasteiger partial charge in [-0.15, -0.1) is 5.10 Å². The summed E-state index contributed by atoms with van der Waals surface area (Å²) < 4.78 is 2.28. The van der Waals surface area contributed by atoms with E-state index in [9.17, 15) is 4.79 Å². The van der Waals surface area contributed by atoms with Crippen molar-refractivity contribution < 1.29 is 4.79 Å². The summed E-state index contributed by atoms with van der Waals surface area (Å²) >= 11 is 9.46. The lowest BCUT2D eigenvalue weighted by molar-refractivity contribution is -0.131. The minimum atomic E-state index is -0.0914. The van der Waals surface area contributed by atoms with Gasteiger partial charge >= 0.3 is 0 Å². The number of nitrogens with zero attached hydrogens (tertiary/aromatic N) is 5. The van der Waals surface area contributed by atoms with Gasteiger partial charge in [0.1, 0.15) is 12.9 Å². The van der Waals surface area contributed by atoms with Gasteiger partial charge in [-0.05, 0) is 28.1 Å². The Kier molecular flexibility index (Phi) is 4.49. The molecule has 6 nitrogen and oxygen atoms in total. The molecule has 0 saturated heterocycles. The van der Waals surface area contributed by atoms with Crippen molar-refractivity contribution in [2.45, 2.75) is 13.1 Å². The van der Waals surface area contributed by atoms with E-state index in [0.29, 0.717) is 11.6 Å². The highest BCUT2D eigenvalue weighted by Gasteiger charge is 2.12. The van der Waals surface area contributed by atoms with Gasteiger partial charge in [-0.1, -0.05) is 33.6 Å². The van der Waals surface area contributed by atoms with Crippen molar-refractivity contribution >= 4 is 33.4 Å². The van der Waals surface area contributed by atoms with Crippen molar-refractivity contribution in [2.24, 2.45) is 0 Å². The zero-order valence-corrected chi connectivity index (χ0v) is 12.5. The van der Waals surface area contributed by atoms with Gasteiger partial charge in [0.15, 0.2) is 0 Å². The maximum absolute atomic E-state index is 12.0. The molecule has 0 fully saturated rings. The van der Waals surface area contributed by atoms with E-state index in [1.54, 1.807) is 18.0 Å². The lowest BCUT2D eigenvalue weighted by Gasteiger charge is -2.17. The molecule has 2 rings (SSSR count). The number of hydrogen-bond donors (Lipinski definition) is 0. The molecule has 2 aromatic rings. The lowest BCUT2D eigenvalue weighted by atomic mass is 10.2. The summed E-state index contributed by atoms with van der Waals surface area (Å²) in [6.07, 6.45) is 1.40. The molecule has 0 atom stereocenters. The second-order valence-electron chi connectivity index (χ2n) is 3.99. The standard InChI is InChI=1S/C11H11BrClN5O/c1-17(11(19)6-18-7-14-15-16-18)5-8-2-3-9(12)4-10(8)13/h2-4,7H,5-6H2,1H3. The number of rotatable bonds is 4. The van der Waals surface area contributed by atoms with Gasteiger partial charge in [-0.3, -0.25) is 4.79 Å². The zero-order chi connectivity index (χ0) is 13.8. The smallest absolute Gasteiger partial charge is 0.244 e. The highest BCUT2D eigenvalue weighted by Crippen LogP contribution is 2.22. The molecule has 8 heteroatoms. The molecule has 1 amide bonds. The van der Waals surface area contributed by atoms with Crippen LogP contribution in [0, 0.1) is 0 Å². The zero-order valence-electron chi connectivity index (χ0n) is 10.1. The maximum atomic E-state index is 12.0. The van der Waals surface area contributed by atoms with Crippen LogP contribution in [-0.4, -0.2) is 38.1 Å². The van der Waals surface area contributed by atoms with E-state index >= 15 is 0 Å². The number of carbonyl (C=O) groups excluding carboxylic acids is 1. The van der Waals surface area contributed by atoms with E-state index in [-0.39, 0.29) is 12.5 Å². The fourth-order valence-electron chi connectivity index (χ4n) is 1.51. The first-order valence-corrected chi connectivity index (χ1v) is 6.62. The highest BCUT2D eigenvalue weighted by atomic mass is 79.9. The molecule has 19 heavy (non-hydrogen) atoms. The number of halogens is 2. The molecule has 0 aliphatic carbocycles. The van der Waals surface area contributed by atoms with Crippen LogP contribution in [0.2, 0.25) is 5.02 Å². The van der Waals surface area contributed by atoms with Crippen molar-refractivity contribution in [2.75, 3.05) is 7.05 Å². The third kappa shape index (κ3) is 3.74. The Morgan fingerprint density at radius 1 is 1.53 bits per heavy atom. The Bertz CT molecular complexity index is 574. The van der Waals surface area contributed by atoms with E-state index < -0.39 is 0 Å². The van der Waals surface area contributed by atoms with Crippen molar-refractivity contribution in [3.63, 3.8) is 0 Å². The molecule has 0 unspecified atom stereocenters. The Hall–Kier alpha value is -1.47. The second kappa shape index (κ2) is 6.12. The maximum Gasteiger partial charge on any atom is 0.244 e. The molecule has 0 N–H and O–H groups in total. The number of aromatic nitrogens is 4. The summed E-state index contributed by atoms with van der Waals surface area (Å²) in [7, 11) is 1.71. The van der Waals surface area contributed by atoms with Crippen LogP contribution >= 0.6 is 27.5 Å². The van der Waals surface area contributed by atoms with E-state index in [0.717, 1.165) is 10.0 Å². The first-order valence-electron chi connectivity index (χ1n) is 5.45. The second-order valence-corrected chi connectivity index (χ2v) is 5.32. The fraction of sp³-hybridized carbons (Fsp3) is 0.273. The molecule has 1 heterocycles. The predicted molar refractivity (Wildman–Crippen MR) is 73.4 cm³/mol. The normalized spacial score (nSPS) is 10.5. The highest BCUT2D eigenvalue weighted by molar-refractivity contribution is 9.10. The Morgan fingerprint density at radius 3 is 2.95 bits per heavy atom. The number of likely N-dealkylation sites (N-methyl/N-ethyl adjacent to an activating group) is 1. The van der Waals surface area contributed by atoms with Crippen LogP contribution in [0.5, 0.6) is 0 Å². The molecule has 0 radical (unpaired) electrons. The van der Waals surface area contributed by atoms with Crippen molar-refractivity contribution in [1.29, 1.82) is 0 Å². The molecule has 0 aliphatic heterocycles. The Labute approximate surface area is 123 Å². The van der Waals surface area contributed by atoms with E-state index in [1.807, 2.05) is 12.1 Å². The van der Waals surface area contributed by atoms with Crippen molar-refractivity contribution in [1.82, 2.24) is 25.1 Å². The molecule has 1 aromatic heterocycles. The van der Waals surface area contributed by atoms with Gasteiger partial charge in [0.05, 0.1) is 0 Å². The van der Waals surface area contributed by atoms with Gasteiger partial charge in [0.25, 0.3) is 0 Å². The number of tetrazole rings is 1. The van der Waals surface area contributed by atoms with Crippen molar-refractivity contribution in [3.05, 3.63) is 39.6 Å². The number of amides is 1. The van der Waals surface area contributed by atoms with Gasteiger partial charge in [0, 0.05) is 23.1 Å².